The Balaban J connectivity index is 4.38. The molecule has 1 unspecified atom stereocenters. The van der Waals surface area contributed by atoms with Crippen LogP contribution >= 0.6 is 0 Å². The average molecular weight is 899 g/mol. The third-order valence-electron chi connectivity index (χ3n) is 12.4. The van der Waals surface area contributed by atoms with Crippen LogP contribution < -0.4 is 0 Å². The molecule has 0 radical (unpaired) electrons. The summed E-state index contributed by atoms with van der Waals surface area (Å²) in [5.74, 6) is -0.884. The Labute approximate surface area is 397 Å². The van der Waals surface area contributed by atoms with E-state index in [9.17, 15) is 14.4 Å². The Bertz CT molecular complexity index is 1080. The number of carbonyl (C=O) groups excluding carboxylic acids is 3. The third kappa shape index (κ3) is 50.6. The molecule has 6 heteroatoms. The molecule has 0 bridgehead atoms. The summed E-state index contributed by atoms with van der Waals surface area (Å²) in [6.07, 6.45) is 62.7. The minimum absolute atomic E-state index is 0.0778. The van der Waals surface area contributed by atoms with Crippen molar-refractivity contribution in [1.29, 1.82) is 0 Å². The van der Waals surface area contributed by atoms with Gasteiger partial charge in [0.1, 0.15) is 13.2 Å². The van der Waals surface area contributed by atoms with Crippen molar-refractivity contribution in [3.8, 4) is 0 Å². The van der Waals surface area contributed by atoms with Gasteiger partial charge in [0.05, 0.1) is 0 Å². The Hall–Kier alpha value is -2.37. The minimum Gasteiger partial charge on any atom is -0.462 e. The van der Waals surface area contributed by atoms with E-state index in [0.717, 1.165) is 83.5 Å². The van der Waals surface area contributed by atoms with Crippen LogP contribution in [0.2, 0.25) is 0 Å². The van der Waals surface area contributed by atoms with Crippen molar-refractivity contribution in [3.05, 3.63) is 36.5 Å². The van der Waals surface area contributed by atoms with Gasteiger partial charge >= 0.3 is 17.9 Å². The van der Waals surface area contributed by atoms with E-state index in [0.29, 0.717) is 19.3 Å². The first kappa shape index (κ1) is 61.6. The molecule has 0 aromatic rings. The Kier molecular flexibility index (Phi) is 51.3. The molecule has 0 aliphatic heterocycles. The maximum atomic E-state index is 12.8. The van der Waals surface area contributed by atoms with E-state index in [2.05, 4.69) is 57.2 Å². The van der Waals surface area contributed by atoms with E-state index in [1.807, 2.05) is 0 Å². The first-order valence-electron chi connectivity index (χ1n) is 28.0. The molecule has 0 aliphatic rings. The van der Waals surface area contributed by atoms with Crippen molar-refractivity contribution in [2.45, 2.75) is 303 Å². The van der Waals surface area contributed by atoms with Crippen LogP contribution in [-0.4, -0.2) is 37.2 Å². The highest BCUT2D eigenvalue weighted by molar-refractivity contribution is 5.71. The Morgan fingerprint density at radius 2 is 0.562 bits per heavy atom. The van der Waals surface area contributed by atoms with Gasteiger partial charge < -0.3 is 14.2 Å². The molecule has 0 rings (SSSR count). The maximum absolute atomic E-state index is 12.8. The van der Waals surface area contributed by atoms with E-state index in [1.54, 1.807) is 0 Å². The number of esters is 3. The van der Waals surface area contributed by atoms with Gasteiger partial charge in [-0.2, -0.15) is 0 Å². The van der Waals surface area contributed by atoms with Gasteiger partial charge in [-0.25, -0.2) is 0 Å². The van der Waals surface area contributed by atoms with Gasteiger partial charge in [0.15, 0.2) is 6.10 Å². The van der Waals surface area contributed by atoms with Gasteiger partial charge in [-0.1, -0.05) is 237 Å². The highest BCUT2D eigenvalue weighted by Crippen LogP contribution is 2.16. The van der Waals surface area contributed by atoms with Crippen molar-refractivity contribution in [2.24, 2.45) is 0 Å². The lowest BCUT2D eigenvalue weighted by Gasteiger charge is -2.18. The number of ether oxygens (including phenoxy) is 3. The lowest BCUT2D eigenvalue weighted by molar-refractivity contribution is -0.167. The smallest absolute Gasteiger partial charge is 0.306 e. The first-order valence-corrected chi connectivity index (χ1v) is 28.0. The molecule has 0 aromatic heterocycles. The van der Waals surface area contributed by atoms with E-state index >= 15 is 0 Å². The van der Waals surface area contributed by atoms with Gasteiger partial charge in [0, 0.05) is 19.3 Å². The van der Waals surface area contributed by atoms with Crippen molar-refractivity contribution in [3.63, 3.8) is 0 Å². The summed E-state index contributed by atoms with van der Waals surface area (Å²) in [5, 5.41) is 0. The molecule has 0 saturated carbocycles. The summed E-state index contributed by atoms with van der Waals surface area (Å²) in [6, 6.07) is 0. The van der Waals surface area contributed by atoms with Crippen molar-refractivity contribution in [1.82, 2.24) is 0 Å². The summed E-state index contributed by atoms with van der Waals surface area (Å²) < 4.78 is 16.8. The highest BCUT2D eigenvalue weighted by Gasteiger charge is 2.19. The number of hydrogen-bond acceptors (Lipinski definition) is 6. The zero-order valence-electron chi connectivity index (χ0n) is 42.8. The zero-order valence-corrected chi connectivity index (χ0v) is 42.8. The molecule has 0 spiro atoms. The Morgan fingerprint density at radius 1 is 0.312 bits per heavy atom. The maximum Gasteiger partial charge on any atom is 0.306 e. The van der Waals surface area contributed by atoms with Crippen LogP contribution in [0.25, 0.3) is 0 Å². The van der Waals surface area contributed by atoms with Gasteiger partial charge in [-0.15, -0.1) is 0 Å². The number of carbonyl (C=O) groups is 3. The predicted molar refractivity (Wildman–Crippen MR) is 275 cm³/mol. The molecule has 0 N–H and O–H groups in total. The fourth-order valence-corrected chi connectivity index (χ4v) is 8.12. The summed E-state index contributed by atoms with van der Waals surface area (Å²) in [6.45, 7) is 6.63. The SMILES string of the molecule is CCCCCC/C=C\C/C=C\CCCCCCCC(=O)OCC(COC(=O)CCCCCCC/C=C\CCCCCCC)OC(=O)CCCCCCCCCCCCCCCCCC. The molecule has 0 amide bonds. The fourth-order valence-electron chi connectivity index (χ4n) is 8.12. The first-order chi connectivity index (χ1) is 31.5. The summed E-state index contributed by atoms with van der Waals surface area (Å²) in [4.78, 5) is 38.1. The molecule has 0 aromatic carbocycles. The monoisotopic (exact) mass is 899 g/mol. The van der Waals surface area contributed by atoms with Gasteiger partial charge in [0.25, 0.3) is 0 Å². The number of hydrogen-bond donors (Lipinski definition) is 0. The van der Waals surface area contributed by atoms with Gasteiger partial charge in [0.2, 0.25) is 0 Å². The van der Waals surface area contributed by atoms with E-state index < -0.39 is 6.10 Å². The van der Waals surface area contributed by atoms with Crippen LogP contribution in [0, 0.1) is 0 Å². The summed E-state index contributed by atoms with van der Waals surface area (Å²) >= 11 is 0. The number of allylic oxidation sites excluding steroid dienone is 6. The van der Waals surface area contributed by atoms with Crippen molar-refractivity contribution < 1.29 is 28.6 Å². The highest BCUT2D eigenvalue weighted by atomic mass is 16.6. The number of rotatable bonds is 51. The predicted octanol–water partition coefficient (Wildman–Crippen LogP) is 18.5. The lowest BCUT2D eigenvalue weighted by atomic mass is 10.0. The molecule has 0 aliphatic carbocycles. The molecule has 0 heterocycles. The topological polar surface area (TPSA) is 78.9 Å². The molecule has 1 atom stereocenters. The summed E-state index contributed by atoms with van der Waals surface area (Å²) in [5.41, 5.74) is 0. The van der Waals surface area contributed by atoms with Gasteiger partial charge in [-0.05, 0) is 77.0 Å². The largest absolute Gasteiger partial charge is 0.462 e. The molecule has 0 fully saturated rings. The quantitative estimate of drug-likeness (QED) is 0.0262. The van der Waals surface area contributed by atoms with Crippen LogP contribution in [0.5, 0.6) is 0 Å². The van der Waals surface area contributed by atoms with Crippen LogP contribution in [-0.2, 0) is 28.6 Å². The third-order valence-corrected chi connectivity index (χ3v) is 12.4. The normalized spacial score (nSPS) is 12.2. The standard InChI is InChI=1S/C58H106O6/c1-4-7-10-13-16-19-22-25-28-30-33-36-39-42-45-48-51-57(60)63-54-55(53-62-56(59)50-47-44-41-38-35-32-27-24-21-18-15-12-9-6-3)64-58(61)52-49-46-43-40-37-34-31-29-26-23-20-17-14-11-8-5-2/h19,22,24,27-28,30,55H,4-18,20-21,23,25-26,29,31-54H2,1-3H3/b22-19-,27-24-,30-28-. The van der Waals surface area contributed by atoms with Gasteiger partial charge in [-0.3, -0.25) is 14.4 Å². The van der Waals surface area contributed by atoms with Crippen LogP contribution in [0.4, 0.5) is 0 Å². The zero-order chi connectivity index (χ0) is 46.5. The second kappa shape index (κ2) is 53.2. The number of unbranched alkanes of at least 4 members (excludes halogenated alkanes) is 34. The van der Waals surface area contributed by atoms with E-state index in [-0.39, 0.29) is 31.1 Å². The average Bonchev–Trinajstić information content (AvgIpc) is 3.29. The van der Waals surface area contributed by atoms with E-state index in [1.165, 1.54) is 173 Å². The van der Waals surface area contributed by atoms with Crippen LogP contribution in [0.1, 0.15) is 297 Å². The van der Waals surface area contributed by atoms with Crippen molar-refractivity contribution in [2.75, 3.05) is 13.2 Å². The van der Waals surface area contributed by atoms with Crippen LogP contribution in [0.3, 0.4) is 0 Å². The molecule has 64 heavy (non-hydrogen) atoms. The van der Waals surface area contributed by atoms with Crippen molar-refractivity contribution >= 4 is 17.9 Å². The summed E-state index contributed by atoms with van der Waals surface area (Å²) in [7, 11) is 0. The second-order valence-corrected chi connectivity index (χ2v) is 18.8. The lowest BCUT2D eigenvalue weighted by Crippen LogP contribution is -2.30. The fraction of sp³-hybridized carbons (Fsp3) is 0.845. The Morgan fingerprint density at radius 3 is 0.891 bits per heavy atom. The van der Waals surface area contributed by atoms with E-state index in [4.69, 9.17) is 14.2 Å². The van der Waals surface area contributed by atoms with Crippen LogP contribution in [0.15, 0.2) is 36.5 Å². The second-order valence-electron chi connectivity index (χ2n) is 18.8. The minimum atomic E-state index is -0.778. The molecule has 374 valence electrons. The molecule has 0 saturated heterocycles. The molecule has 6 nitrogen and oxygen atoms in total. The molecular formula is C58H106O6. The molecular weight excluding hydrogens is 793 g/mol.